The maximum atomic E-state index is 12.8. The lowest BCUT2D eigenvalue weighted by atomic mass is 9.94. The van der Waals surface area contributed by atoms with Crippen molar-refractivity contribution in [2.75, 3.05) is 45.1 Å². The number of nitrogens with zero attached hydrogens (tertiary/aromatic N) is 3. The highest BCUT2D eigenvalue weighted by molar-refractivity contribution is 5.96. The van der Waals surface area contributed by atoms with Crippen LogP contribution in [0.25, 0.3) is 0 Å². The van der Waals surface area contributed by atoms with E-state index in [9.17, 15) is 9.59 Å². The summed E-state index contributed by atoms with van der Waals surface area (Å²) in [6, 6.07) is 8.44. The maximum Gasteiger partial charge on any atom is 0.241 e. The van der Waals surface area contributed by atoms with Gasteiger partial charge in [-0.1, -0.05) is 37.5 Å². The van der Waals surface area contributed by atoms with Gasteiger partial charge in [0.25, 0.3) is 0 Å². The first kappa shape index (κ1) is 20.4. The van der Waals surface area contributed by atoms with Crippen LogP contribution in [-0.2, 0) is 16.0 Å². The number of anilines is 1. The van der Waals surface area contributed by atoms with Crippen LogP contribution in [0.4, 0.5) is 5.69 Å². The van der Waals surface area contributed by atoms with Crippen LogP contribution >= 0.6 is 0 Å². The van der Waals surface area contributed by atoms with Crippen molar-refractivity contribution in [2.24, 2.45) is 0 Å². The van der Waals surface area contributed by atoms with Gasteiger partial charge in [-0.3, -0.25) is 19.4 Å². The van der Waals surface area contributed by atoms with Crippen molar-refractivity contribution in [3.63, 3.8) is 0 Å². The van der Waals surface area contributed by atoms with E-state index >= 15 is 0 Å². The number of fused-ring (bicyclic) bond motifs is 1. The van der Waals surface area contributed by atoms with E-state index in [4.69, 9.17) is 0 Å². The van der Waals surface area contributed by atoms with Gasteiger partial charge in [-0.2, -0.15) is 0 Å². The molecule has 1 unspecified atom stereocenters. The van der Waals surface area contributed by atoms with E-state index in [0.29, 0.717) is 12.6 Å². The predicted octanol–water partition coefficient (Wildman–Crippen LogP) is 2.35. The van der Waals surface area contributed by atoms with Gasteiger partial charge in [0.1, 0.15) is 0 Å². The van der Waals surface area contributed by atoms with Crippen LogP contribution in [-0.4, -0.2) is 78.4 Å². The number of rotatable bonds is 4. The first-order valence-electron chi connectivity index (χ1n) is 11.2. The van der Waals surface area contributed by atoms with Gasteiger partial charge in [0.05, 0.1) is 12.6 Å². The van der Waals surface area contributed by atoms with Crippen LogP contribution < -0.4 is 5.32 Å². The molecule has 2 amide bonds. The average molecular weight is 399 g/mol. The molecular weight excluding hydrogens is 364 g/mol. The summed E-state index contributed by atoms with van der Waals surface area (Å²) in [6.45, 7) is 3.88. The molecule has 1 saturated heterocycles. The number of nitrogens with one attached hydrogen (secondary N) is 1. The Hall–Kier alpha value is -1.92. The SMILES string of the molecule is CN(C(=O)CN1CCN(C2CCc3ccccc3NC2=O)CC1)C1CCCCC1. The van der Waals surface area contributed by atoms with E-state index in [-0.39, 0.29) is 17.9 Å². The number of aryl methyl sites for hydroxylation is 1. The smallest absolute Gasteiger partial charge is 0.241 e. The molecule has 0 spiro atoms. The van der Waals surface area contributed by atoms with Crippen LogP contribution in [0.1, 0.15) is 44.1 Å². The quantitative estimate of drug-likeness (QED) is 0.846. The van der Waals surface area contributed by atoms with E-state index in [1.807, 2.05) is 30.1 Å². The van der Waals surface area contributed by atoms with Gasteiger partial charge < -0.3 is 10.2 Å². The average Bonchev–Trinajstić information content (AvgIpc) is 2.92. The Balaban J connectivity index is 1.27. The number of hydrogen-bond acceptors (Lipinski definition) is 4. The second-order valence-corrected chi connectivity index (χ2v) is 8.81. The Labute approximate surface area is 174 Å². The van der Waals surface area contributed by atoms with Gasteiger partial charge >= 0.3 is 0 Å². The molecule has 2 heterocycles. The lowest BCUT2D eigenvalue weighted by molar-refractivity contribution is -0.134. The Bertz CT molecular complexity index is 723. The third kappa shape index (κ3) is 4.81. The summed E-state index contributed by atoms with van der Waals surface area (Å²) in [4.78, 5) is 32.0. The summed E-state index contributed by atoms with van der Waals surface area (Å²) >= 11 is 0. The van der Waals surface area contributed by atoms with Crippen LogP contribution in [0.2, 0.25) is 0 Å². The van der Waals surface area contributed by atoms with Crippen molar-refractivity contribution >= 4 is 17.5 Å². The third-order valence-electron chi connectivity index (χ3n) is 6.99. The molecule has 6 heteroatoms. The van der Waals surface area contributed by atoms with Crippen molar-refractivity contribution < 1.29 is 9.59 Å². The highest BCUT2D eigenvalue weighted by atomic mass is 16.2. The number of piperazine rings is 1. The normalized spacial score (nSPS) is 24.4. The Morgan fingerprint density at radius 2 is 1.79 bits per heavy atom. The van der Waals surface area contributed by atoms with Crippen molar-refractivity contribution in [3.05, 3.63) is 29.8 Å². The van der Waals surface area contributed by atoms with Gasteiger partial charge in [0.15, 0.2) is 0 Å². The fourth-order valence-corrected chi connectivity index (χ4v) is 5.06. The molecule has 1 aromatic rings. The zero-order valence-corrected chi connectivity index (χ0v) is 17.6. The number of para-hydroxylation sites is 1. The lowest BCUT2D eigenvalue weighted by Gasteiger charge is -2.39. The van der Waals surface area contributed by atoms with E-state index in [0.717, 1.165) is 57.5 Å². The molecule has 6 nitrogen and oxygen atoms in total. The molecule has 4 rings (SSSR count). The van der Waals surface area contributed by atoms with Crippen LogP contribution in [0.5, 0.6) is 0 Å². The number of carbonyl (C=O) groups is 2. The molecule has 2 fully saturated rings. The molecule has 0 bridgehead atoms. The molecule has 29 heavy (non-hydrogen) atoms. The number of hydrogen-bond donors (Lipinski definition) is 1. The minimum atomic E-state index is -0.0786. The summed E-state index contributed by atoms with van der Waals surface area (Å²) in [5.74, 6) is 0.351. The van der Waals surface area contributed by atoms with Gasteiger partial charge in [0, 0.05) is 45.0 Å². The molecule has 1 atom stereocenters. The first-order chi connectivity index (χ1) is 14.1. The number of benzene rings is 1. The molecule has 158 valence electrons. The highest BCUT2D eigenvalue weighted by Gasteiger charge is 2.32. The maximum absolute atomic E-state index is 12.8. The minimum Gasteiger partial charge on any atom is -0.342 e. The summed E-state index contributed by atoms with van der Waals surface area (Å²) in [7, 11) is 1.97. The van der Waals surface area contributed by atoms with E-state index in [2.05, 4.69) is 21.2 Å². The summed E-state index contributed by atoms with van der Waals surface area (Å²) in [5, 5.41) is 3.11. The fraction of sp³-hybridized carbons (Fsp3) is 0.652. The number of amides is 2. The van der Waals surface area contributed by atoms with Crippen LogP contribution in [0.15, 0.2) is 24.3 Å². The first-order valence-corrected chi connectivity index (χ1v) is 11.2. The topological polar surface area (TPSA) is 55.9 Å². The summed E-state index contributed by atoms with van der Waals surface area (Å²) in [6.07, 6.45) is 7.87. The predicted molar refractivity (Wildman–Crippen MR) is 115 cm³/mol. The summed E-state index contributed by atoms with van der Waals surface area (Å²) < 4.78 is 0. The lowest BCUT2D eigenvalue weighted by Crippen LogP contribution is -2.55. The molecule has 0 aromatic heterocycles. The molecule has 1 saturated carbocycles. The molecule has 3 aliphatic rings. The molecule has 1 N–H and O–H groups in total. The van der Waals surface area contributed by atoms with Gasteiger partial charge in [-0.05, 0) is 37.3 Å². The molecule has 0 radical (unpaired) electrons. The highest BCUT2D eigenvalue weighted by Crippen LogP contribution is 2.25. The van der Waals surface area contributed by atoms with Crippen molar-refractivity contribution in [1.29, 1.82) is 0 Å². The fourth-order valence-electron chi connectivity index (χ4n) is 5.06. The molecule has 2 aliphatic heterocycles. The van der Waals surface area contributed by atoms with Gasteiger partial charge in [-0.15, -0.1) is 0 Å². The third-order valence-corrected chi connectivity index (χ3v) is 6.99. The van der Waals surface area contributed by atoms with E-state index in [1.54, 1.807) is 0 Å². The molecule has 1 aromatic carbocycles. The monoisotopic (exact) mass is 398 g/mol. The Morgan fingerprint density at radius 3 is 2.55 bits per heavy atom. The second kappa shape index (κ2) is 9.26. The van der Waals surface area contributed by atoms with E-state index < -0.39 is 0 Å². The summed E-state index contributed by atoms with van der Waals surface area (Å²) in [5.41, 5.74) is 2.17. The van der Waals surface area contributed by atoms with Crippen LogP contribution in [0.3, 0.4) is 0 Å². The second-order valence-electron chi connectivity index (χ2n) is 8.81. The van der Waals surface area contributed by atoms with E-state index in [1.165, 1.54) is 24.8 Å². The zero-order chi connectivity index (χ0) is 20.2. The standard InChI is InChI=1S/C23H34N4O2/c1-25(19-8-3-2-4-9-19)22(28)17-26-13-15-27(16-14-26)21-12-11-18-7-5-6-10-20(18)24-23(21)29/h5-7,10,19,21H,2-4,8-9,11-17H2,1H3,(H,24,29). The van der Waals surface area contributed by atoms with Crippen molar-refractivity contribution in [3.8, 4) is 0 Å². The number of carbonyl (C=O) groups excluding carboxylic acids is 2. The van der Waals surface area contributed by atoms with Crippen LogP contribution in [0, 0.1) is 0 Å². The zero-order valence-electron chi connectivity index (χ0n) is 17.6. The van der Waals surface area contributed by atoms with Gasteiger partial charge in [0.2, 0.25) is 11.8 Å². The molecular formula is C23H34N4O2. The minimum absolute atomic E-state index is 0.0786. The number of likely N-dealkylation sites (N-methyl/N-ethyl adjacent to an activating group) is 1. The van der Waals surface area contributed by atoms with Crippen molar-refractivity contribution in [1.82, 2.24) is 14.7 Å². The molecule has 1 aliphatic carbocycles. The Morgan fingerprint density at radius 1 is 1.07 bits per heavy atom. The largest absolute Gasteiger partial charge is 0.342 e. The van der Waals surface area contributed by atoms with Crippen molar-refractivity contribution in [2.45, 2.75) is 57.0 Å². The van der Waals surface area contributed by atoms with Gasteiger partial charge in [-0.25, -0.2) is 0 Å². The Kier molecular flexibility index (Phi) is 6.50.